The molecule has 0 aromatic heterocycles. The van der Waals surface area contributed by atoms with Gasteiger partial charge in [0.05, 0.1) is 0 Å². The van der Waals surface area contributed by atoms with Crippen molar-refractivity contribution in [2.45, 2.75) is 6.92 Å². The van der Waals surface area contributed by atoms with Crippen LogP contribution in [0.4, 0.5) is 4.39 Å². The Kier molecular flexibility index (Phi) is 6.56. The minimum Gasteiger partial charge on any atom is -0.612 e. The zero-order valence-corrected chi connectivity index (χ0v) is 14.8. The highest BCUT2D eigenvalue weighted by atomic mass is 32.2. The Morgan fingerprint density at radius 3 is 2.16 bits per heavy atom. The highest BCUT2D eigenvalue weighted by Crippen LogP contribution is 2.44. The van der Waals surface area contributed by atoms with E-state index in [-0.39, 0.29) is 0 Å². The van der Waals surface area contributed by atoms with Crippen LogP contribution in [-0.2, 0) is 16.0 Å². The SMILES string of the molecule is CC(=O)O.C[S+]([O-])C1=C(CF)c2ccccc2C1=Cc1ccccc1. The lowest BCUT2D eigenvalue weighted by molar-refractivity contribution is -0.134. The molecule has 2 aromatic carbocycles. The van der Waals surface area contributed by atoms with Crippen molar-refractivity contribution in [3.8, 4) is 0 Å². The monoisotopic (exact) mass is 358 g/mol. The summed E-state index contributed by atoms with van der Waals surface area (Å²) in [6, 6.07) is 17.5. The molecule has 0 saturated carbocycles. The molecule has 0 saturated heterocycles. The van der Waals surface area contributed by atoms with Gasteiger partial charge >= 0.3 is 0 Å². The van der Waals surface area contributed by atoms with Gasteiger partial charge in [-0.05, 0) is 33.9 Å². The molecule has 1 N–H and O–H groups in total. The van der Waals surface area contributed by atoms with Crippen LogP contribution in [0.2, 0.25) is 0 Å². The van der Waals surface area contributed by atoms with Crippen LogP contribution in [-0.4, -0.2) is 28.6 Å². The Bertz CT molecular complexity index is 807. The molecule has 0 radical (unpaired) electrons. The molecule has 0 fully saturated rings. The van der Waals surface area contributed by atoms with E-state index in [1.165, 1.54) is 0 Å². The van der Waals surface area contributed by atoms with Gasteiger partial charge in [-0.3, -0.25) is 4.79 Å². The predicted octanol–water partition coefficient (Wildman–Crippen LogP) is 4.39. The van der Waals surface area contributed by atoms with E-state index in [4.69, 9.17) is 9.90 Å². The largest absolute Gasteiger partial charge is 0.612 e. The smallest absolute Gasteiger partial charge is 0.300 e. The van der Waals surface area contributed by atoms with Crippen molar-refractivity contribution in [1.82, 2.24) is 0 Å². The lowest BCUT2D eigenvalue weighted by Gasteiger charge is -2.09. The molecule has 130 valence electrons. The van der Waals surface area contributed by atoms with Crippen LogP contribution in [0, 0.1) is 0 Å². The number of carbonyl (C=O) groups is 1. The summed E-state index contributed by atoms with van der Waals surface area (Å²) in [7, 11) is 0. The summed E-state index contributed by atoms with van der Waals surface area (Å²) in [5, 5.41) is 7.42. The van der Waals surface area contributed by atoms with Crippen LogP contribution in [0.3, 0.4) is 0 Å². The number of alkyl halides is 1. The molecule has 25 heavy (non-hydrogen) atoms. The van der Waals surface area contributed by atoms with Gasteiger partial charge in [0, 0.05) is 18.1 Å². The molecular weight excluding hydrogens is 339 g/mol. The van der Waals surface area contributed by atoms with Gasteiger partial charge in [-0.1, -0.05) is 54.6 Å². The number of rotatable bonds is 3. The van der Waals surface area contributed by atoms with Gasteiger partial charge in [-0.2, -0.15) is 0 Å². The second-order valence-corrected chi connectivity index (χ2v) is 6.75. The highest BCUT2D eigenvalue weighted by molar-refractivity contribution is 7.95. The molecule has 0 amide bonds. The van der Waals surface area contributed by atoms with Crippen LogP contribution >= 0.6 is 0 Å². The maximum Gasteiger partial charge on any atom is 0.300 e. The van der Waals surface area contributed by atoms with Gasteiger partial charge in [0.1, 0.15) is 12.9 Å². The van der Waals surface area contributed by atoms with Crippen molar-refractivity contribution >= 4 is 34.4 Å². The molecule has 1 aliphatic carbocycles. The fraction of sp³-hybridized carbons (Fsp3) is 0.150. The van der Waals surface area contributed by atoms with Crippen molar-refractivity contribution in [3.63, 3.8) is 0 Å². The van der Waals surface area contributed by atoms with Gasteiger partial charge < -0.3 is 9.66 Å². The van der Waals surface area contributed by atoms with Crippen LogP contribution in [0.25, 0.3) is 17.2 Å². The molecule has 0 aliphatic heterocycles. The van der Waals surface area contributed by atoms with Crippen LogP contribution in [0.15, 0.2) is 59.5 Å². The summed E-state index contributed by atoms with van der Waals surface area (Å²) < 4.78 is 25.6. The second-order valence-electron chi connectivity index (χ2n) is 5.43. The summed E-state index contributed by atoms with van der Waals surface area (Å²) >= 11 is -1.23. The lowest BCUT2D eigenvalue weighted by Crippen LogP contribution is -2.02. The van der Waals surface area contributed by atoms with Crippen molar-refractivity contribution in [1.29, 1.82) is 0 Å². The molecule has 0 bridgehead atoms. The van der Waals surface area contributed by atoms with Crippen molar-refractivity contribution in [2.24, 2.45) is 0 Å². The van der Waals surface area contributed by atoms with Crippen molar-refractivity contribution in [3.05, 3.63) is 76.2 Å². The maximum absolute atomic E-state index is 13.5. The van der Waals surface area contributed by atoms with Crippen LogP contribution in [0.5, 0.6) is 0 Å². The van der Waals surface area contributed by atoms with Gasteiger partial charge in [0.15, 0.2) is 4.91 Å². The minimum absolute atomic E-state index is 0.550. The Morgan fingerprint density at radius 2 is 1.64 bits per heavy atom. The Balaban J connectivity index is 0.000000511. The number of hydrogen-bond acceptors (Lipinski definition) is 2. The zero-order valence-electron chi connectivity index (χ0n) is 14.0. The fourth-order valence-electron chi connectivity index (χ4n) is 2.71. The van der Waals surface area contributed by atoms with Gasteiger partial charge in [-0.15, -0.1) is 0 Å². The average molecular weight is 358 g/mol. The van der Waals surface area contributed by atoms with Crippen molar-refractivity contribution in [2.75, 3.05) is 12.9 Å². The molecule has 2 aromatic rings. The first-order chi connectivity index (χ1) is 12.0. The molecule has 1 unspecified atom stereocenters. The number of hydrogen-bond donors (Lipinski definition) is 1. The first kappa shape index (κ1) is 19.0. The van der Waals surface area contributed by atoms with E-state index in [0.29, 0.717) is 10.5 Å². The average Bonchev–Trinajstić information content (AvgIpc) is 2.89. The van der Waals surface area contributed by atoms with Gasteiger partial charge in [0.25, 0.3) is 5.97 Å². The topological polar surface area (TPSA) is 60.4 Å². The first-order valence-electron chi connectivity index (χ1n) is 7.64. The Labute approximate surface area is 149 Å². The minimum atomic E-state index is -1.23. The van der Waals surface area contributed by atoms with E-state index >= 15 is 0 Å². The summed E-state index contributed by atoms with van der Waals surface area (Å²) in [5.74, 6) is -0.833. The normalized spacial score (nSPS) is 15.4. The Hall–Kier alpha value is -2.37. The summed E-state index contributed by atoms with van der Waals surface area (Å²) in [5.41, 5.74) is 4.25. The van der Waals surface area contributed by atoms with E-state index in [1.807, 2.05) is 60.7 Å². The van der Waals surface area contributed by atoms with Crippen LogP contribution in [0.1, 0.15) is 23.6 Å². The van der Waals surface area contributed by atoms with E-state index in [0.717, 1.165) is 29.2 Å². The van der Waals surface area contributed by atoms with Gasteiger partial charge in [0.2, 0.25) is 0 Å². The summed E-state index contributed by atoms with van der Waals surface area (Å²) in [6.07, 6.45) is 3.59. The van der Waals surface area contributed by atoms with Crippen LogP contribution < -0.4 is 0 Å². The fourth-order valence-corrected chi connectivity index (χ4v) is 3.70. The quantitative estimate of drug-likeness (QED) is 0.828. The number of aliphatic carboxylic acids is 1. The van der Waals surface area contributed by atoms with E-state index in [1.54, 1.807) is 6.26 Å². The molecule has 1 atom stereocenters. The number of allylic oxidation sites excluding steroid dienone is 2. The molecule has 1 aliphatic rings. The van der Waals surface area contributed by atoms with E-state index < -0.39 is 23.8 Å². The Morgan fingerprint density at radius 1 is 1.12 bits per heavy atom. The second kappa shape index (κ2) is 8.65. The number of carboxylic acids is 1. The van der Waals surface area contributed by atoms with E-state index in [2.05, 4.69) is 0 Å². The number of fused-ring (bicyclic) bond motifs is 1. The molecule has 3 rings (SSSR count). The number of benzene rings is 2. The van der Waals surface area contributed by atoms with Gasteiger partial charge in [-0.25, -0.2) is 4.39 Å². The number of halogens is 1. The number of carboxylic acid groups (broad SMARTS) is 1. The molecule has 5 heteroatoms. The molecular formula is C20H19FO3S. The van der Waals surface area contributed by atoms with Crippen molar-refractivity contribution < 1.29 is 18.8 Å². The molecule has 3 nitrogen and oxygen atoms in total. The molecule has 0 spiro atoms. The first-order valence-corrected chi connectivity index (χ1v) is 9.20. The third kappa shape index (κ3) is 4.59. The highest BCUT2D eigenvalue weighted by Gasteiger charge is 2.32. The van der Waals surface area contributed by atoms with E-state index in [9.17, 15) is 8.94 Å². The summed E-state index contributed by atoms with van der Waals surface area (Å²) in [6.45, 7) is 0.484. The standard InChI is InChI=1S/C18H15FOS.C2H4O2/c1-21(20)18-16(11-13-7-3-2-4-8-13)14-9-5-6-10-15(14)17(18)12-19;1-2(3)4/h2-11H,12H2,1H3;1H3,(H,3,4). The third-order valence-electron chi connectivity index (χ3n) is 3.59. The third-order valence-corrected chi connectivity index (χ3v) is 4.63. The maximum atomic E-state index is 13.5. The zero-order chi connectivity index (χ0) is 18.4. The molecule has 0 heterocycles. The predicted molar refractivity (Wildman–Crippen MR) is 101 cm³/mol. The lowest BCUT2D eigenvalue weighted by atomic mass is 10.0. The summed E-state index contributed by atoms with van der Waals surface area (Å²) in [4.78, 5) is 9.61.